The largest absolute Gasteiger partial charge is 0.417 e. The normalized spacial score (nSPS) is 15.4. The number of piperidine rings is 1. The average molecular weight is 516 g/mol. The minimum atomic E-state index is -4.57. The third-order valence-electron chi connectivity index (χ3n) is 6.24. The molecule has 4 heterocycles. The third kappa shape index (κ3) is 5.78. The molecule has 0 saturated carbocycles. The first-order chi connectivity index (χ1) is 17.6. The fraction of sp³-hybridized carbons (Fsp3) is 0.391. The average Bonchev–Trinajstić information content (AvgIpc) is 3.29. The summed E-state index contributed by atoms with van der Waals surface area (Å²) in [5, 5.41) is 12.8. The number of nitrogens with one attached hydrogen (secondary N) is 2. The van der Waals surface area contributed by atoms with Crippen LogP contribution >= 0.6 is 0 Å². The molecule has 2 amide bonds. The fourth-order valence-electron chi connectivity index (χ4n) is 4.24. The zero-order valence-corrected chi connectivity index (χ0v) is 19.5. The van der Waals surface area contributed by atoms with E-state index in [0.29, 0.717) is 38.0 Å². The summed E-state index contributed by atoms with van der Waals surface area (Å²) in [6, 6.07) is 1.99. The number of rotatable bonds is 7. The molecule has 194 valence electrons. The highest BCUT2D eigenvalue weighted by Crippen LogP contribution is 2.34. The van der Waals surface area contributed by atoms with Gasteiger partial charge in [0.25, 0.3) is 0 Å². The zero-order valence-electron chi connectivity index (χ0n) is 19.5. The number of aromatic nitrogens is 4. The van der Waals surface area contributed by atoms with Crippen LogP contribution in [0.15, 0.2) is 24.7 Å². The van der Waals surface area contributed by atoms with Crippen molar-refractivity contribution in [1.82, 2.24) is 24.8 Å². The highest BCUT2D eigenvalue weighted by molar-refractivity contribution is 5.94. The number of carbonyl (C=O) groups excluding carboxylic acids is 2. The lowest BCUT2D eigenvalue weighted by molar-refractivity contribution is -0.137. The van der Waals surface area contributed by atoms with Crippen molar-refractivity contribution in [3.05, 3.63) is 35.8 Å². The van der Waals surface area contributed by atoms with E-state index in [1.807, 2.05) is 6.07 Å². The van der Waals surface area contributed by atoms with Crippen molar-refractivity contribution in [1.29, 1.82) is 5.26 Å². The number of alkyl halides is 3. The van der Waals surface area contributed by atoms with Gasteiger partial charge in [-0.25, -0.2) is 15.0 Å². The second kappa shape index (κ2) is 10.4. The molecule has 37 heavy (non-hydrogen) atoms. The molecule has 1 aliphatic rings. The van der Waals surface area contributed by atoms with Gasteiger partial charge in [-0.2, -0.15) is 18.4 Å². The van der Waals surface area contributed by atoms with Gasteiger partial charge < -0.3 is 26.7 Å². The number of carbonyl (C=O) groups is 2. The Morgan fingerprint density at radius 2 is 2.00 bits per heavy atom. The SMILES string of the molecule is N#Cc1cnc(NCC2CCN(C(=O)[C@H](N)CC(N)=O)CC2)nc1-c1c[nH]c2ncc(C(F)(F)F)cc12. The van der Waals surface area contributed by atoms with E-state index in [1.165, 1.54) is 12.4 Å². The summed E-state index contributed by atoms with van der Waals surface area (Å²) in [5.74, 6) is -0.547. The van der Waals surface area contributed by atoms with Gasteiger partial charge in [-0.15, -0.1) is 0 Å². The number of halogens is 3. The summed E-state index contributed by atoms with van der Waals surface area (Å²) in [5.41, 5.74) is 10.8. The number of hydrogen-bond acceptors (Lipinski definition) is 8. The van der Waals surface area contributed by atoms with Crippen LogP contribution in [0.2, 0.25) is 0 Å². The molecule has 14 heteroatoms. The van der Waals surface area contributed by atoms with E-state index in [-0.39, 0.29) is 46.5 Å². The van der Waals surface area contributed by atoms with E-state index in [4.69, 9.17) is 11.5 Å². The summed E-state index contributed by atoms with van der Waals surface area (Å²) in [7, 11) is 0. The predicted molar refractivity (Wildman–Crippen MR) is 126 cm³/mol. The van der Waals surface area contributed by atoms with Crippen LogP contribution in [0.3, 0.4) is 0 Å². The molecule has 3 aromatic rings. The Morgan fingerprint density at radius 3 is 2.65 bits per heavy atom. The number of fused-ring (bicyclic) bond motifs is 1. The number of pyridine rings is 1. The lowest BCUT2D eigenvalue weighted by Crippen LogP contribution is -2.48. The Labute approximate surface area is 209 Å². The van der Waals surface area contributed by atoms with Crippen molar-refractivity contribution in [3.8, 4) is 17.3 Å². The maximum Gasteiger partial charge on any atom is 0.417 e. The number of H-pyrrole nitrogens is 1. The first-order valence-electron chi connectivity index (χ1n) is 11.4. The summed E-state index contributed by atoms with van der Waals surface area (Å²) >= 11 is 0. The Kier molecular flexibility index (Phi) is 7.25. The molecule has 1 fully saturated rings. The minimum absolute atomic E-state index is 0.1000. The summed E-state index contributed by atoms with van der Waals surface area (Å²) in [6.07, 6.45) is 0.0957. The molecule has 1 aliphatic heterocycles. The number of likely N-dealkylation sites (tertiary alicyclic amines) is 1. The summed E-state index contributed by atoms with van der Waals surface area (Å²) in [4.78, 5) is 40.2. The minimum Gasteiger partial charge on any atom is -0.370 e. The first-order valence-corrected chi connectivity index (χ1v) is 11.4. The van der Waals surface area contributed by atoms with E-state index in [0.717, 1.165) is 12.3 Å². The molecule has 0 aliphatic carbocycles. The van der Waals surface area contributed by atoms with E-state index >= 15 is 0 Å². The Balaban J connectivity index is 1.46. The van der Waals surface area contributed by atoms with Gasteiger partial charge in [-0.3, -0.25) is 9.59 Å². The molecule has 3 aromatic heterocycles. The predicted octanol–water partition coefficient (Wildman–Crippen LogP) is 1.76. The quantitative estimate of drug-likeness (QED) is 0.367. The number of primary amides is 1. The standard InChI is InChI=1S/C23H24F3N9O2/c24-23(25,26)14-5-15-16(11-31-20(15)30-10-14)19-13(7-27)9-33-22(34-19)32-8-12-1-3-35(4-2-12)21(37)17(28)6-18(29)36/h5,9-12,17H,1-4,6,8,28H2,(H2,29,36)(H,30,31)(H,32,33,34)/t17-/m1/s1. The molecule has 4 rings (SSSR count). The number of nitrogens with zero attached hydrogens (tertiary/aromatic N) is 5. The van der Waals surface area contributed by atoms with Crippen LogP contribution in [0.5, 0.6) is 0 Å². The number of aromatic amines is 1. The molecule has 0 unspecified atom stereocenters. The molecule has 0 aromatic carbocycles. The number of amides is 2. The molecule has 11 nitrogen and oxygen atoms in total. The third-order valence-corrected chi connectivity index (χ3v) is 6.24. The van der Waals surface area contributed by atoms with Crippen LogP contribution in [0, 0.1) is 17.2 Å². The highest BCUT2D eigenvalue weighted by atomic mass is 19.4. The van der Waals surface area contributed by atoms with Crippen molar-refractivity contribution >= 4 is 28.8 Å². The van der Waals surface area contributed by atoms with Gasteiger partial charge in [0.1, 0.15) is 11.7 Å². The molecular formula is C23H24F3N9O2. The van der Waals surface area contributed by atoms with Crippen molar-refractivity contribution in [2.45, 2.75) is 31.5 Å². The molecular weight excluding hydrogens is 491 g/mol. The second-order valence-corrected chi connectivity index (χ2v) is 8.81. The Morgan fingerprint density at radius 1 is 1.27 bits per heavy atom. The Hall–Kier alpha value is -4.25. The van der Waals surface area contributed by atoms with Gasteiger partial charge >= 0.3 is 6.18 Å². The van der Waals surface area contributed by atoms with Crippen LogP contribution in [-0.4, -0.2) is 62.3 Å². The van der Waals surface area contributed by atoms with Crippen LogP contribution in [0.25, 0.3) is 22.3 Å². The zero-order chi connectivity index (χ0) is 26.7. The van der Waals surface area contributed by atoms with Gasteiger partial charge in [0.15, 0.2) is 0 Å². The van der Waals surface area contributed by atoms with Gasteiger partial charge in [0.2, 0.25) is 17.8 Å². The smallest absolute Gasteiger partial charge is 0.370 e. The van der Waals surface area contributed by atoms with Crippen molar-refractivity contribution in [2.75, 3.05) is 25.0 Å². The van der Waals surface area contributed by atoms with Crippen LogP contribution in [0.1, 0.15) is 30.4 Å². The van der Waals surface area contributed by atoms with E-state index in [9.17, 15) is 28.0 Å². The summed E-state index contributed by atoms with van der Waals surface area (Å²) < 4.78 is 39.6. The lowest BCUT2D eigenvalue weighted by atomic mass is 9.96. The van der Waals surface area contributed by atoms with E-state index in [1.54, 1.807) is 4.90 Å². The van der Waals surface area contributed by atoms with Gasteiger partial charge in [0.05, 0.1) is 35.5 Å². The van der Waals surface area contributed by atoms with Crippen molar-refractivity contribution < 1.29 is 22.8 Å². The second-order valence-electron chi connectivity index (χ2n) is 8.81. The van der Waals surface area contributed by atoms with E-state index < -0.39 is 23.7 Å². The van der Waals surface area contributed by atoms with Crippen LogP contribution in [-0.2, 0) is 15.8 Å². The number of nitrogens with two attached hydrogens (primary N) is 2. The molecule has 0 spiro atoms. The molecule has 1 saturated heterocycles. The highest BCUT2D eigenvalue weighted by Gasteiger charge is 2.32. The molecule has 0 bridgehead atoms. The van der Waals surface area contributed by atoms with Crippen molar-refractivity contribution in [2.24, 2.45) is 17.4 Å². The first kappa shape index (κ1) is 25.8. The van der Waals surface area contributed by atoms with Gasteiger partial charge in [-0.1, -0.05) is 0 Å². The topological polar surface area (TPSA) is 180 Å². The number of anilines is 1. The number of hydrogen-bond donors (Lipinski definition) is 4. The molecule has 0 radical (unpaired) electrons. The Bertz CT molecular complexity index is 1360. The maximum atomic E-state index is 13.2. The van der Waals surface area contributed by atoms with Crippen LogP contribution in [0.4, 0.5) is 19.1 Å². The molecule has 6 N–H and O–H groups in total. The molecule has 1 atom stereocenters. The fourth-order valence-corrected chi connectivity index (χ4v) is 4.24. The van der Waals surface area contributed by atoms with Crippen LogP contribution < -0.4 is 16.8 Å². The van der Waals surface area contributed by atoms with Gasteiger partial charge in [-0.05, 0) is 24.8 Å². The van der Waals surface area contributed by atoms with Gasteiger partial charge in [0, 0.05) is 43.0 Å². The maximum absolute atomic E-state index is 13.2. The lowest BCUT2D eigenvalue weighted by Gasteiger charge is -2.33. The summed E-state index contributed by atoms with van der Waals surface area (Å²) in [6.45, 7) is 1.43. The monoisotopic (exact) mass is 515 g/mol. The van der Waals surface area contributed by atoms with Crippen molar-refractivity contribution in [3.63, 3.8) is 0 Å². The number of nitriles is 1. The van der Waals surface area contributed by atoms with E-state index in [2.05, 4.69) is 25.3 Å².